The molecule has 0 unspecified atom stereocenters. The van der Waals surface area contributed by atoms with Gasteiger partial charge in [-0.2, -0.15) is 0 Å². The molecule has 0 fully saturated rings. The molecular weight excluding hydrogens is 331 g/mol. The monoisotopic (exact) mass is 350 g/mol. The van der Waals surface area contributed by atoms with E-state index in [0.717, 1.165) is 18.8 Å². The molecule has 122 valence electrons. The van der Waals surface area contributed by atoms with Crippen LogP contribution in [0.3, 0.4) is 0 Å². The Morgan fingerprint density at radius 1 is 0.913 bits per heavy atom. The predicted molar refractivity (Wildman–Crippen MR) is 99.8 cm³/mol. The predicted octanol–water partition coefficient (Wildman–Crippen LogP) is 4.38. The zero-order chi connectivity index (χ0) is 14.5. The summed E-state index contributed by atoms with van der Waals surface area (Å²) in [7, 11) is 1.72. The van der Waals surface area contributed by atoms with Gasteiger partial charge in [0.25, 0.3) is 0 Å². The first kappa shape index (κ1) is 19.2. The van der Waals surface area contributed by atoms with Crippen molar-refractivity contribution >= 4 is 35.6 Å². The highest BCUT2D eigenvalue weighted by atomic mass is 35.5. The molecule has 0 aliphatic carbocycles. The number of hydrogen-bond acceptors (Lipinski definition) is 3. The molecule has 0 saturated heterocycles. The van der Waals surface area contributed by atoms with E-state index in [1.807, 2.05) is 30.6 Å². The van der Waals surface area contributed by atoms with E-state index in [4.69, 9.17) is 4.74 Å². The molecule has 23 heavy (non-hydrogen) atoms. The van der Waals surface area contributed by atoms with Crippen LogP contribution in [0.5, 0.6) is 5.75 Å². The van der Waals surface area contributed by atoms with Gasteiger partial charge in [-0.15, -0.1) is 24.8 Å². The van der Waals surface area contributed by atoms with Crippen LogP contribution in [-0.4, -0.2) is 12.1 Å². The number of fused-ring (bicyclic) bond motifs is 1. The third-order valence-electron chi connectivity index (χ3n) is 3.60. The third-order valence-corrected chi connectivity index (χ3v) is 3.60. The molecule has 2 aromatic carbocycles. The second kappa shape index (κ2) is 9.36. The molecule has 1 aromatic heterocycles. The fraction of sp³-hybridized carbons (Fsp3) is 0.167. The number of ether oxygens (including phenoxy) is 1. The van der Waals surface area contributed by atoms with E-state index in [0.29, 0.717) is 0 Å². The van der Waals surface area contributed by atoms with Crippen molar-refractivity contribution in [2.45, 2.75) is 13.1 Å². The van der Waals surface area contributed by atoms with Crippen molar-refractivity contribution in [2.75, 3.05) is 7.11 Å². The average molecular weight is 351 g/mol. The lowest BCUT2D eigenvalue weighted by atomic mass is 10.0. The lowest BCUT2D eigenvalue weighted by Crippen LogP contribution is -2.13. The summed E-state index contributed by atoms with van der Waals surface area (Å²) in [5, 5.41) is 5.95. The molecule has 5 heteroatoms. The Hall–Kier alpha value is -1.81. The first-order valence-electron chi connectivity index (χ1n) is 7.03. The molecule has 0 aliphatic rings. The molecule has 0 amide bonds. The molecule has 3 rings (SSSR count). The van der Waals surface area contributed by atoms with Gasteiger partial charge < -0.3 is 10.1 Å². The second-order valence-corrected chi connectivity index (χ2v) is 4.93. The Bertz CT molecular complexity index is 735. The van der Waals surface area contributed by atoms with Gasteiger partial charge >= 0.3 is 0 Å². The van der Waals surface area contributed by atoms with Gasteiger partial charge in [0, 0.05) is 31.0 Å². The van der Waals surface area contributed by atoms with Crippen molar-refractivity contribution in [1.82, 2.24) is 10.3 Å². The van der Waals surface area contributed by atoms with Crippen molar-refractivity contribution in [3.05, 3.63) is 72.1 Å². The average Bonchev–Trinajstić information content (AvgIpc) is 2.56. The van der Waals surface area contributed by atoms with Gasteiger partial charge in [-0.3, -0.25) is 4.98 Å². The summed E-state index contributed by atoms with van der Waals surface area (Å²) in [4.78, 5) is 4.03. The Morgan fingerprint density at radius 3 is 2.39 bits per heavy atom. The number of methoxy groups -OCH3 is 1. The first-order chi connectivity index (χ1) is 10.4. The van der Waals surface area contributed by atoms with Crippen molar-refractivity contribution in [3.63, 3.8) is 0 Å². The Kier molecular flexibility index (Phi) is 7.83. The summed E-state index contributed by atoms with van der Waals surface area (Å²) >= 11 is 0. The smallest absolute Gasteiger partial charge is 0.123 e. The molecule has 0 spiro atoms. The Labute approximate surface area is 148 Å². The van der Waals surface area contributed by atoms with Crippen molar-refractivity contribution < 1.29 is 4.74 Å². The molecule has 0 atom stereocenters. The minimum Gasteiger partial charge on any atom is -0.496 e. The fourth-order valence-electron chi connectivity index (χ4n) is 2.52. The topological polar surface area (TPSA) is 34.1 Å². The summed E-state index contributed by atoms with van der Waals surface area (Å²) < 4.78 is 5.51. The summed E-state index contributed by atoms with van der Waals surface area (Å²) in [6, 6.07) is 16.6. The maximum atomic E-state index is 5.51. The number of nitrogens with zero attached hydrogens (tertiary/aromatic N) is 1. The maximum Gasteiger partial charge on any atom is 0.123 e. The van der Waals surface area contributed by atoms with E-state index in [1.165, 1.54) is 21.9 Å². The van der Waals surface area contributed by atoms with E-state index in [-0.39, 0.29) is 24.8 Å². The van der Waals surface area contributed by atoms with Gasteiger partial charge in [-0.25, -0.2) is 0 Å². The number of rotatable bonds is 5. The number of halogens is 2. The van der Waals surface area contributed by atoms with Crippen molar-refractivity contribution in [1.29, 1.82) is 0 Å². The SMILES string of the molecule is COc1ccc2ccccc2c1CNCc1ccncc1.Cl.Cl. The Balaban J connectivity index is 0.00000132. The van der Waals surface area contributed by atoms with E-state index >= 15 is 0 Å². The van der Waals surface area contributed by atoms with Gasteiger partial charge in [0.1, 0.15) is 5.75 Å². The number of aromatic nitrogens is 1. The minimum absolute atomic E-state index is 0. The molecule has 0 bridgehead atoms. The van der Waals surface area contributed by atoms with Crippen LogP contribution in [0, 0.1) is 0 Å². The lowest BCUT2D eigenvalue weighted by Gasteiger charge is -2.13. The van der Waals surface area contributed by atoms with Crippen LogP contribution in [-0.2, 0) is 13.1 Å². The van der Waals surface area contributed by atoms with Crippen LogP contribution in [0.2, 0.25) is 0 Å². The Morgan fingerprint density at radius 2 is 1.65 bits per heavy atom. The summed E-state index contributed by atoms with van der Waals surface area (Å²) in [6.45, 7) is 1.59. The maximum absolute atomic E-state index is 5.51. The third kappa shape index (κ3) is 4.58. The normalized spacial score (nSPS) is 9.78. The van der Waals surface area contributed by atoms with Crippen LogP contribution in [0.4, 0.5) is 0 Å². The van der Waals surface area contributed by atoms with Crippen LogP contribution in [0.15, 0.2) is 60.9 Å². The highest BCUT2D eigenvalue weighted by Crippen LogP contribution is 2.27. The quantitative estimate of drug-likeness (QED) is 0.741. The molecule has 0 saturated carbocycles. The number of benzene rings is 2. The second-order valence-electron chi connectivity index (χ2n) is 4.93. The number of pyridine rings is 1. The van der Waals surface area contributed by atoms with E-state index in [1.54, 1.807) is 7.11 Å². The molecular formula is C18H20Cl2N2O. The number of nitrogens with one attached hydrogen (secondary N) is 1. The highest BCUT2D eigenvalue weighted by molar-refractivity contribution is 5.87. The molecule has 0 radical (unpaired) electrons. The van der Waals surface area contributed by atoms with Gasteiger partial charge in [0.15, 0.2) is 0 Å². The van der Waals surface area contributed by atoms with Gasteiger partial charge in [-0.05, 0) is 34.5 Å². The van der Waals surface area contributed by atoms with Crippen molar-refractivity contribution in [2.24, 2.45) is 0 Å². The van der Waals surface area contributed by atoms with Crippen LogP contribution in [0.25, 0.3) is 10.8 Å². The molecule has 3 nitrogen and oxygen atoms in total. The largest absolute Gasteiger partial charge is 0.496 e. The number of hydrogen-bond donors (Lipinski definition) is 1. The van der Waals surface area contributed by atoms with E-state index in [9.17, 15) is 0 Å². The van der Waals surface area contributed by atoms with Crippen molar-refractivity contribution in [3.8, 4) is 5.75 Å². The summed E-state index contributed by atoms with van der Waals surface area (Å²) in [6.07, 6.45) is 3.63. The lowest BCUT2D eigenvalue weighted by molar-refractivity contribution is 0.408. The van der Waals surface area contributed by atoms with E-state index in [2.05, 4.69) is 40.6 Å². The van der Waals surface area contributed by atoms with Gasteiger partial charge in [0.05, 0.1) is 7.11 Å². The molecule has 0 aliphatic heterocycles. The van der Waals surface area contributed by atoms with E-state index < -0.39 is 0 Å². The standard InChI is InChI=1S/C18H18N2O.2ClH/c1-21-18-7-6-15-4-2-3-5-16(15)17(18)13-20-12-14-8-10-19-11-9-14;;/h2-11,20H,12-13H2,1H3;2*1H. The highest BCUT2D eigenvalue weighted by Gasteiger charge is 2.07. The minimum atomic E-state index is 0. The zero-order valence-corrected chi connectivity index (χ0v) is 14.5. The summed E-state index contributed by atoms with van der Waals surface area (Å²) in [5.41, 5.74) is 2.42. The molecule has 1 heterocycles. The zero-order valence-electron chi connectivity index (χ0n) is 12.9. The van der Waals surface area contributed by atoms with Crippen LogP contribution in [0.1, 0.15) is 11.1 Å². The van der Waals surface area contributed by atoms with Crippen LogP contribution < -0.4 is 10.1 Å². The summed E-state index contributed by atoms with van der Waals surface area (Å²) in [5.74, 6) is 0.927. The van der Waals surface area contributed by atoms with Gasteiger partial charge in [0.2, 0.25) is 0 Å². The fourth-order valence-corrected chi connectivity index (χ4v) is 2.52. The van der Waals surface area contributed by atoms with Crippen LogP contribution >= 0.6 is 24.8 Å². The molecule has 1 N–H and O–H groups in total. The first-order valence-corrected chi connectivity index (χ1v) is 7.03. The van der Waals surface area contributed by atoms with Gasteiger partial charge in [-0.1, -0.05) is 30.3 Å². The molecule has 3 aromatic rings.